The van der Waals surface area contributed by atoms with Gasteiger partial charge in [0.1, 0.15) is 5.71 Å². The first kappa shape index (κ1) is 25.7. The van der Waals surface area contributed by atoms with Crippen LogP contribution in [0.15, 0.2) is 41.6 Å². The molecule has 1 aliphatic rings. The van der Waals surface area contributed by atoms with Gasteiger partial charge in [-0.1, -0.05) is 18.0 Å². The maximum absolute atomic E-state index is 13.4. The Labute approximate surface area is 209 Å². The second-order valence-corrected chi connectivity index (χ2v) is 9.23. The van der Waals surface area contributed by atoms with E-state index in [0.29, 0.717) is 11.1 Å². The van der Waals surface area contributed by atoms with Gasteiger partial charge in [-0.2, -0.15) is 0 Å². The summed E-state index contributed by atoms with van der Waals surface area (Å²) < 4.78 is 7.01. The van der Waals surface area contributed by atoms with Crippen LogP contribution in [-0.4, -0.2) is 46.3 Å². The minimum Gasteiger partial charge on any atom is -0.368 e. The average Bonchev–Trinajstić information content (AvgIpc) is 3.53. The molecule has 190 valence electrons. The number of benzene rings is 2. The molecule has 36 heavy (non-hydrogen) atoms. The fourth-order valence-corrected chi connectivity index (χ4v) is 5.03. The molecule has 1 N–H and O–H groups in total. The van der Waals surface area contributed by atoms with Crippen molar-refractivity contribution in [3.63, 3.8) is 0 Å². The number of Topliss-reactive ketones (excluding diaryl/α,β-unsaturated/α-hetero) is 2. The summed E-state index contributed by atoms with van der Waals surface area (Å²) in [5.41, 5.74) is 3.05. The minimum absolute atomic E-state index is 0.0111. The molecule has 1 saturated carbocycles. The van der Waals surface area contributed by atoms with Crippen molar-refractivity contribution in [1.82, 2.24) is 4.57 Å². The predicted molar refractivity (Wildman–Crippen MR) is 137 cm³/mol. The molecule has 1 atom stereocenters. The zero-order valence-electron chi connectivity index (χ0n) is 21.0. The Morgan fingerprint density at radius 3 is 2.25 bits per heavy atom. The van der Waals surface area contributed by atoms with Gasteiger partial charge in [0.15, 0.2) is 12.1 Å². The average molecular weight is 493 g/mol. The Balaban J connectivity index is 1.76. The van der Waals surface area contributed by atoms with Crippen LogP contribution in [0, 0.1) is 5.92 Å². The zero-order chi connectivity index (χ0) is 25.8. The standard InChI is InChI=1S/C28H32N2O6/c1-4-30-24-12-9-19(27(33)18-7-5-6-8-18)15-21(24)22-16-20(10-13-25(22)30)28(34)23(29-36-17(2)31)11-14-26(32)35-3/h9-10,12-13,15-16,18,26,32H,4-8,11,14H2,1-3H3. The Morgan fingerprint density at radius 1 is 1.06 bits per heavy atom. The Morgan fingerprint density at radius 2 is 1.67 bits per heavy atom. The van der Waals surface area contributed by atoms with E-state index < -0.39 is 18.0 Å². The second kappa shape index (κ2) is 11.1. The number of aryl methyl sites for hydroxylation is 1. The van der Waals surface area contributed by atoms with Gasteiger partial charge in [-0.05, 0) is 56.2 Å². The van der Waals surface area contributed by atoms with Gasteiger partial charge in [0.2, 0.25) is 5.78 Å². The summed E-state index contributed by atoms with van der Waals surface area (Å²) in [6, 6.07) is 11.2. The summed E-state index contributed by atoms with van der Waals surface area (Å²) >= 11 is 0. The van der Waals surface area contributed by atoms with Crippen LogP contribution in [0.2, 0.25) is 0 Å². The van der Waals surface area contributed by atoms with Gasteiger partial charge in [0, 0.05) is 72.3 Å². The Bertz CT molecular complexity index is 1330. The molecular weight excluding hydrogens is 460 g/mol. The summed E-state index contributed by atoms with van der Waals surface area (Å²) in [5.74, 6) is -0.779. The van der Waals surface area contributed by atoms with Crippen molar-refractivity contribution < 1.29 is 29.1 Å². The first-order valence-electron chi connectivity index (χ1n) is 12.4. The molecule has 4 rings (SSSR count). The highest BCUT2D eigenvalue weighted by atomic mass is 16.7. The number of aliphatic hydroxyl groups is 1. The third-order valence-corrected chi connectivity index (χ3v) is 6.90. The number of nitrogens with zero attached hydrogens (tertiary/aromatic N) is 2. The van der Waals surface area contributed by atoms with E-state index in [0.717, 1.165) is 54.0 Å². The number of aliphatic hydroxyl groups excluding tert-OH is 1. The molecule has 1 unspecified atom stereocenters. The van der Waals surface area contributed by atoms with E-state index in [-0.39, 0.29) is 30.3 Å². The molecule has 2 aromatic carbocycles. The smallest absolute Gasteiger partial charge is 0.331 e. The van der Waals surface area contributed by atoms with Crippen molar-refractivity contribution in [3.8, 4) is 0 Å². The molecule has 0 radical (unpaired) electrons. The van der Waals surface area contributed by atoms with Crippen LogP contribution in [0.5, 0.6) is 0 Å². The van der Waals surface area contributed by atoms with E-state index in [1.807, 2.05) is 24.3 Å². The van der Waals surface area contributed by atoms with Crippen LogP contribution in [0.25, 0.3) is 21.8 Å². The zero-order valence-corrected chi connectivity index (χ0v) is 21.0. The summed E-state index contributed by atoms with van der Waals surface area (Å²) in [4.78, 5) is 42.5. The number of rotatable bonds is 10. The summed E-state index contributed by atoms with van der Waals surface area (Å²) in [7, 11) is 1.36. The fourth-order valence-electron chi connectivity index (χ4n) is 5.03. The van der Waals surface area contributed by atoms with Gasteiger partial charge in [0.25, 0.3) is 0 Å². The number of fused-ring (bicyclic) bond motifs is 3. The van der Waals surface area contributed by atoms with Crippen LogP contribution in [0.3, 0.4) is 0 Å². The molecule has 0 amide bonds. The number of ether oxygens (including phenoxy) is 1. The number of oxime groups is 1. The first-order chi connectivity index (χ1) is 17.3. The van der Waals surface area contributed by atoms with Crippen molar-refractivity contribution in [1.29, 1.82) is 0 Å². The van der Waals surface area contributed by atoms with Crippen LogP contribution in [0.4, 0.5) is 0 Å². The SMILES string of the molecule is CCn1c2ccc(C(=O)C(CCC(O)OC)=NOC(C)=O)cc2c2cc(C(=O)C3CCCC3)ccc21. The predicted octanol–water partition coefficient (Wildman–Crippen LogP) is 5.03. The van der Waals surface area contributed by atoms with Gasteiger partial charge in [-0.3, -0.25) is 9.59 Å². The topological polar surface area (TPSA) is 107 Å². The van der Waals surface area contributed by atoms with Gasteiger partial charge < -0.3 is 19.2 Å². The monoisotopic (exact) mass is 492 g/mol. The van der Waals surface area contributed by atoms with Gasteiger partial charge in [-0.25, -0.2) is 4.79 Å². The maximum atomic E-state index is 13.4. The molecular formula is C28H32N2O6. The van der Waals surface area contributed by atoms with E-state index in [4.69, 9.17) is 9.57 Å². The van der Waals surface area contributed by atoms with Crippen molar-refractivity contribution in [2.75, 3.05) is 7.11 Å². The lowest BCUT2D eigenvalue weighted by Gasteiger charge is -2.10. The lowest BCUT2D eigenvalue weighted by atomic mass is 9.95. The lowest BCUT2D eigenvalue weighted by Crippen LogP contribution is -2.19. The minimum atomic E-state index is -1.07. The Hall–Kier alpha value is -3.36. The maximum Gasteiger partial charge on any atom is 0.331 e. The van der Waals surface area contributed by atoms with Crippen molar-refractivity contribution in [3.05, 3.63) is 47.5 Å². The summed E-state index contributed by atoms with van der Waals surface area (Å²) in [6.07, 6.45) is 3.18. The number of hydrogen-bond donors (Lipinski definition) is 1. The second-order valence-electron chi connectivity index (χ2n) is 9.23. The lowest BCUT2D eigenvalue weighted by molar-refractivity contribution is -0.140. The molecule has 1 aromatic heterocycles. The number of hydrogen-bond acceptors (Lipinski definition) is 7. The molecule has 1 fully saturated rings. The number of carbonyl (C=O) groups excluding carboxylic acids is 3. The highest BCUT2D eigenvalue weighted by Crippen LogP contribution is 2.33. The van der Waals surface area contributed by atoms with Gasteiger partial charge in [-0.15, -0.1) is 0 Å². The molecule has 3 aromatic rings. The fraction of sp³-hybridized carbons (Fsp3) is 0.429. The normalized spacial score (nSPS) is 15.5. The molecule has 0 bridgehead atoms. The molecule has 0 spiro atoms. The third-order valence-electron chi connectivity index (χ3n) is 6.90. The quantitative estimate of drug-likeness (QED) is 0.140. The first-order valence-corrected chi connectivity index (χ1v) is 12.4. The number of methoxy groups -OCH3 is 1. The van der Waals surface area contributed by atoms with Crippen molar-refractivity contribution in [2.45, 2.75) is 65.2 Å². The van der Waals surface area contributed by atoms with Crippen LogP contribution in [-0.2, 0) is 20.9 Å². The molecule has 0 aliphatic heterocycles. The molecule has 1 aliphatic carbocycles. The van der Waals surface area contributed by atoms with Crippen molar-refractivity contribution in [2.24, 2.45) is 11.1 Å². The Kier molecular flexibility index (Phi) is 7.96. The van der Waals surface area contributed by atoms with Crippen LogP contribution in [0.1, 0.15) is 73.1 Å². The largest absolute Gasteiger partial charge is 0.368 e. The number of carbonyl (C=O) groups is 3. The highest BCUT2D eigenvalue weighted by Gasteiger charge is 2.25. The van der Waals surface area contributed by atoms with E-state index in [1.165, 1.54) is 14.0 Å². The number of aromatic nitrogens is 1. The summed E-state index contributed by atoms with van der Waals surface area (Å²) in [5, 5.41) is 15.3. The van der Waals surface area contributed by atoms with E-state index in [2.05, 4.69) is 16.6 Å². The molecule has 8 nitrogen and oxygen atoms in total. The molecule has 0 saturated heterocycles. The third kappa shape index (κ3) is 5.24. The summed E-state index contributed by atoms with van der Waals surface area (Å²) in [6.45, 7) is 3.99. The van der Waals surface area contributed by atoms with E-state index >= 15 is 0 Å². The van der Waals surface area contributed by atoms with Gasteiger partial charge >= 0.3 is 5.97 Å². The molecule has 8 heteroatoms. The highest BCUT2D eigenvalue weighted by molar-refractivity contribution is 6.46. The van der Waals surface area contributed by atoms with Crippen LogP contribution >= 0.6 is 0 Å². The molecule has 1 heterocycles. The van der Waals surface area contributed by atoms with Crippen molar-refractivity contribution >= 4 is 45.1 Å². The van der Waals surface area contributed by atoms with E-state index in [9.17, 15) is 19.5 Å². The van der Waals surface area contributed by atoms with Crippen LogP contribution < -0.4 is 0 Å². The number of ketones is 2. The van der Waals surface area contributed by atoms with E-state index in [1.54, 1.807) is 12.1 Å². The van der Waals surface area contributed by atoms with Gasteiger partial charge in [0.05, 0.1) is 0 Å².